The van der Waals surface area contributed by atoms with Crippen LogP contribution in [0.25, 0.3) is 0 Å². The molecule has 4 radical (unpaired) electrons. The summed E-state index contributed by atoms with van der Waals surface area (Å²) < 4.78 is 25.6. The zero-order valence-corrected chi connectivity index (χ0v) is 19.0. The van der Waals surface area contributed by atoms with Crippen molar-refractivity contribution in [3.8, 4) is 0 Å². The Morgan fingerprint density at radius 2 is 0.500 bits per heavy atom. The van der Waals surface area contributed by atoms with E-state index < -0.39 is 27.5 Å². The average molecular weight is 752 g/mol. The molecular weight excluding hydrogens is 752 g/mol. The third kappa shape index (κ3) is 315. The van der Waals surface area contributed by atoms with Crippen LogP contribution in [0.15, 0.2) is 0 Å². The van der Waals surface area contributed by atoms with E-state index in [0.29, 0.717) is 0 Å². The second-order valence-corrected chi connectivity index (χ2v) is 2.25. The third-order valence-corrected chi connectivity index (χ3v) is 0. The molecule has 0 amide bonds. The van der Waals surface area contributed by atoms with Gasteiger partial charge in [0.15, 0.2) is 0 Å². The first-order chi connectivity index (χ1) is 5.20. The summed E-state index contributed by atoms with van der Waals surface area (Å²) in [5, 5.41) is 0. The molecular formula is O9Si3Y2Yb2. The van der Waals surface area contributed by atoms with Crippen LogP contribution in [0.3, 0.4) is 0 Å². The number of rotatable bonds is 0. The third-order valence-electron chi connectivity index (χ3n) is 0. The molecule has 0 aromatic rings. The predicted octanol–water partition coefficient (Wildman–Crippen LogP) is -8.64. The second-order valence-electron chi connectivity index (χ2n) is 0.750. The maximum absolute atomic E-state index is 8.52. The Kier molecular flexibility index (Phi) is 97.4. The molecule has 0 aliphatic heterocycles. The molecule has 0 spiro atoms. The van der Waals surface area contributed by atoms with Gasteiger partial charge < -0.3 is 42.2 Å². The van der Waals surface area contributed by atoms with Crippen molar-refractivity contribution in [2.75, 3.05) is 0 Å². The van der Waals surface area contributed by atoms with Crippen LogP contribution in [0.4, 0.5) is 0 Å². The summed E-state index contributed by atoms with van der Waals surface area (Å²) in [5.41, 5.74) is 0. The fourth-order valence-electron chi connectivity index (χ4n) is 0. The molecule has 9 nitrogen and oxygen atoms in total. The molecule has 16 heteroatoms. The van der Waals surface area contributed by atoms with Crippen LogP contribution in [0.5, 0.6) is 0 Å². The van der Waals surface area contributed by atoms with Gasteiger partial charge in [-0.1, -0.05) is 0 Å². The van der Waals surface area contributed by atoms with Crippen LogP contribution in [-0.2, 0) is 78.8 Å². The van der Waals surface area contributed by atoms with Crippen molar-refractivity contribution in [1.82, 2.24) is 0 Å². The zero-order chi connectivity index (χ0) is 10.7. The van der Waals surface area contributed by atoms with Gasteiger partial charge in [0.2, 0.25) is 0 Å². The molecule has 0 bridgehead atoms. The maximum atomic E-state index is 8.52. The Morgan fingerprint density at radius 3 is 0.500 bits per heavy atom. The first-order valence-electron chi connectivity index (χ1n) is 1.84. The van der Waals surface area contributed by atoms with Crippen LogP contribution in [0.1, 0.15) is 0 Å². The van der Waals surface area contributed by atoms with Gasteiger partial charge in [0.1, 0.15) is 0 Å². The predicted molar refractivity (Wildman–Crippen MR) is 19.3 cm³/mol. The van der Waals surface area contributed by atoms with E-state index in [2.05, 4.69) is 0 Å². The van der Waals surface area contributed by atoms with Gasteiger partial charge in [-0.3, -0.25) is 0 Å². The molecule has 0 N–H and O–H groups in total. The van der Waals surface area contributed by atoms with Gasteiger partial charge in [-0.15, -0.1) is 0 Å². The Bertz CT molecular complexity index is 124. The van der Waals surface area contributed by atoms with Crippen LogP contribution in [0.2, 0.25) is 0 Å². The van der Waals surface area contributed by atoms with Gasteiger partial charge in [-0.2, -0.15) is 0 Å². The maximum Gasteiger partial charge on any atom is 3.00 e. The fraction of sp³-hybridized carbons (Fsp3) is 0. The average Bonchev–Trinajstić information content (AvgIpc) is 1.54. The number of hydrogen-bond acceptors (Lipinski definition) is 9. The van der Waals surface area contributed by atoms with E-state index >= 15 is 0 Å². The minimum atomic E-state index is -3.63. The summed E-state index contributed by atoms with van der Waals surface area (Å²) in [5.74, 6) is 0. The molecule has 0 saturated carbocycles. The van der Waals surface area contributed by atoms with Gasteiger partial charge in [0.05, 0.1) is 0 Å². The largest absolute Gasteiger partial charge is 3.00 e. The Labute approximate surface area is 223 Å². The minimum Gasteiger partial charge on any atom is -0.672 e. The molecule has 16 heavy (non-hydrogen) atoms. The first-order valence-corrected chi connectivity index (χ1v) is 5.51. The van der Waals surface area contributed by atoms with Gasteiger partial charge in [0.25, 0.3) is 0 Å². The Hall–Kier alpha value is 4.10. The van der Waals surface area contributed by atoms with Crippen molar-refractivity contribution in [2.24, 2.45) is 0 Å². The van der Waals surface area contributed by atoms with E-state index in [9.17, 15) is 0 Å². The molecule has 0 saturated heterocycles. The van der Waals surface area contributed by atoms with E-state index in [1.54, 1.807) is 0 Å². The van der Waals surface area contributed by atoms with Crippen LogP contribution in [0, 0.1) is 93.8 Å². The van der Waals surface area contributed by atoms with Crippen molar-refractivity contribution in [1.29, 1.82) is 0 Å². The summed E-state index contributed by atoms with van der Waals surface area (Å²) in [6.45, 7) is 0. The van der Waals surface area contributed by atoms with Crippen LogP contribution >= 0.6 is 0 Å². The van der Waals surface area contributed by atoms with Gasteiger partial charge >= 0.3 is 93.8 Å². The molecule has 0 rings (SSSR count). The molecule has 0 heterocycles. The molecule has 100 valence electrons. The van der Waals surface area contributed by atoms with Gasteiger partial charge in [0, 0.05) is 92.9 Å². The molecule has 0 aromatic heterocycles. The summed E-state index contributed by atoms with van der Waals surface area (Å²) >= 11 is 0. The SMILES string of the molecule is O=[Si]([O-])[O-].O=[Si]([O-])[O-].O=[Si]([O-])[O-].[Y].[Y].[Yb+3].[Yb+3]. The van der Waals surface area contributed by atoms with Crippen molar-refractivity contribution in [3.63, 3.8) is 0 Å². The van der Waals surface area contributed by atoms with Crippen molar-refractivity contribution in [3.05, 3.63) is 0 Å². The molecule has 0 aliphatic carbocycles. The summed E-state index contributed by atoms with van der Waals surface area (Å²) in [7, 11) is -10.9. The molecule has 0 fully saturated rings. The van der Waals surface area contributed by atoms with Crippen LogP contribution < -0.4 is 28.8 Å². The van der Waals surface area contributed by atoms with Crippen molar-refractivity contribution >= 4 is 27.5 Å². The molecule has 0 aromatic carbocycles. The van der Waals surface area contributed by atoms with Crippen molar-refractivity contribution in [2.45, 2.75) is 0 Å². The number of hydrogen-bond donors (Lipinski definition) is 0. The van der Waals surface area contributed by atoms with Crippen LogP contribution in [-0.4, -0.2) is 27.5 Å². The van der Waals surface area contributed by atoms with Gasteiger partial charge in [-0.25, -0.2) is 0 Å². The summed E-state index contributed by atoms with van der Waals surface area (Å²) in [6, 6.07) is 0. The molecule has 0 aliphatic rings. The van der Waals surface area contributed by atoms with Crippen molar-refractivity contribution < 1.29 is 201 Å². The quantitative estimate of drug-likeness (QED) is 0.217. The van der Waals surface area contributed by atoms with E-state index in [4.69, 9.17) is 42.2 Å². The normalized spacial score (nSPS) is 4.50. The smallest absolute Gasteiger partial charge is 0.672 e. The van der Waals surface area contributed by atoms with E-state index in [0.717, 1.165) is 0 Å². The Morgan fingerprint density at radius 1 is 0.500 bits per heavy atom. The Balaban J connectivity index is -0.0000000135. The standard InChI is InChI=1S/3O3Si.2Y.2Yb/c3*1-4(2)3;;;;/q3*-2;;;2*+3. The topological polar surface area (TPSA) is 190 Å². The molecule has 0 unspecified atom stereocenters. The van der Waals surface area contributed by atoms with E-state index in [1.807, 2.05) is 0 Å². The first kappa shape index (κ1) is 42.7. The minimum absolute atomic E-state index is 0. The van der Waals surface area contributed by atoms with Gasteiger partial charge in [-0.05, 0) is 0 Å². The fourth-order valence-corrected chi connectivity index (χ4v) is 0. The summed E-state index contributed by atoms with van der Waals surface area (Å²) in [4.78, 5) is 51.1. The molecule has 0 atom stereocenters. The van der Waals surface area contributed by atoms with E-state index in [1.165, 1.54) is 0 Å². The zero-order valence-electron chi connectivity index (χ0n) is 6.86. The van der Waals surface area contributed by atoms with E-state index in [-0.39, 0.29) is 159 Å². The monoisotopic (exact) mass is 754 g/mol. The summed E-state index contributed by atoms with van der Waals surface area (Å²) in [6.07, 6.45) is 0. The second kappa shape index (κ2) is 36.5.